The summed E-state index contributed by atoms with van der Waals surface area (Å²) in [6.45, 7) is 0.385. The summed E-state index contributed by atoms with van der Waals surface area (Å²) in [6, 6.07) is 9.93. The van der Waals surface area contributed by atoms with Crippen LogP contribution < -0.4 is 5.32 Å². The molecule has 2 rings (SSSR count). The second-order valence-electron chi connectivity index (χ2n) is 4.19. The average Bonchev–Trinajstić information content (AvgIpc) is 2.43. The fraction of sp³-hybridized carbons (Fsp3) is 0.143. The minimum absolute atomic E-state index is 0.0552. The van der Waals surface area contributed by atoms with E-state index in [-0.39, 0.29) is 5.69 Å². The summed E-state index contributed by atoms with van der Waals surface area (Å²) < 4.78 is 25.7. The van der Waals surface area contributed by atoms with E-state index in [0.717, 1.165) is 12.1 Å². The minimum atomic E-state index is -0.930. The maximum atomic E-state index is 13.0. The lowest BCUT2D eigenvalue weighted by Gasteiger charge is -2.07. The number of halogens is 2. The molecular weight excluding hydrogens is 266 g/mol. The van der Waals surface area contributed by atoms with Gasteiger partial charge in [-0.05, 0) is 24.6 Å². The van der Waals surface area contributed by atoms with Crippen molar-refractivity contribution in [3.63, 3.8) is 0 Å². The predicted molar refractivity (Wildman–Crippen MR) is 71.6 cm³/mol. The molecule has 2 aromatic rings. The molecule has 0 aliphatic carbocycles. The Labute approximate surface area is 114 Å². The van der Waals surface area contributed by atoms with E-state index in [1.165, 1.54) is 12.1 Å². The molecule has 2 aromatic carbocycles. The molecule has 1 N–H and O–H groups in total. The summed E-state index contributed by atoms with van der Waals surface area (Å²) in [5.74, 6) is -1.84. The van der Waals surface area contributed by atoms with Gasteiger partial charge in [0.15, 0.2) is 11.6 Å². The molecule has 0 aromatic heterocycles. The zero-order valence-corrected chi connectivity index (χ0v) is 10.5. The normalized spacial score (nSPS) is 10.3. The van der Waals surface area contributed by atoms with Crippen LogP contribution in [-0.2, 0) is 6.42 Å². The summed E-state index contributed by atoms with van der Waals surface area (Å²) in [5, 5.41) is 13.7. The van der Waals surface area contributed by atoms with E-state index in [1.54, 1.807) is 18.2 Å². The Bertz CT molecular complexity index is 632. The Morgan fingerprint density at radius 2 is 1.85 bits per heavy atom. The highest BCUT2D eigenvalue weighted by atomic mass is 19.2. The minimum Gasteiger partial charge on any atom is -0.385 e. The van der Waals surface area contributed by atoms with E-state index in [0.29, 0.717) is 24.2 Å². The molecule has 0 spiro atoms. The number of nitro groups is 1. The lowest BCUT2D eigenvalue weighted by molar-refractivity contribution is -0.385. The smallest absolute Gasteiger partial charge is 0.272 e. The number of nitro benzene ring substituents is 1. The largest absolute Gasteiger partial charge is 0.385 e. The molecule has 0 saturated heterocycles. The first-order chi connectivity index (χ1) is 9.58. The van der Waals surface area contributed by atoms with Gasteiger partial charge in [0.1, 0.15) is 0 Å². The molecule has 4 nitrogen and oxygen atoms in total. The molecule has 0 saturated carbocycles. The molecule has 0 atom stereocenters. The van der Waals surface area contributed by atoms with Crippen molar-refractivity contribution >= 4 is 11.4 Å². The van der Waals surface area contributed by atoms with Crippen LogP contribution in [-0.4, -0.2) is 11.5 Å². The quantitative estimate of drug-likeness (QED) is 0.672. The van der Waals surface area contributed by atoms with Crippen molar-refractivity contribution in [3.05, 3.63) is 69.8 Å². The number of benzene rings is 2. The summed E-state index contributed by atoms with van der Waals surface area (Å²) in [5.41, 5.74) is 1.08. The van der Waals surface area contributed by atoms with Crippen molar-refractivity contribution in [2.75, 3.05) is 11.9 Å². The monoisotopic (exact) mass is 278 g/mol. The first-order valence-electron chi connectivity index (χ1n) is 5.99. The van der Waals surface area contributed by atoms with Gasteiger partial charge < -0.3 is 5.32 Å². The third-order valence-electron chi connectivity index (χ3n) is 2.83. The van der Waals surface area contributed by atoms with Gasteiger partial charge in [-0.3, -0.25) is 10.1 Å². The standard InChI is InChI=1S/C14H12F2N2O2/c15-12-6-5-11(9-13(12)16)17-8-7-10-3-1-2-4-14(10)18(19)20/h1-6,9,17H,7-8H2. The first kappa shape index (κ1) is 13.9. The first-order valence-corrected chi connectivity index (χ1v) is 5.99. The maximum absolute atomic E-state index is 13.0. The average molecular weight is 278 g/mol. The van der Waals surface area contributed by atoms with Gasteiger partial charge in [0.25, 0.3) is 5.69 Å². The van der Waals surface area contributed by atoms with Crippen LogP contribution in [0.3, 0.4) is 0 Å². The number of hydrogen-bond acceptors (Lipinski definition) is 3. The molecule has 20 heavy (non-hydrogen) atoms. The van der Waals surface area contributed by atoms with Crippen LogP contribution in [0.5, 0.6) is 0 Å². The highest BCUT2D eigenvalue weighted by molar-refractivity contribution is 5.45. The Morgan fingerprint density at radius 1 is 1.10 bits per heavy atom. The van der Waals surface area contributed by atoms with Gasteiger partial charge in [0.2, 0.25) is 0 Å². The molecule has 0 amide bonds. The van der Waals surface area contributed by atoms with Crippen LogP contribution in [0.25, 0.3) is 0 Å². The number of anilines is 1. The molecule has 6 heteroatoms. The fourth-order valence-electron chi connectivity index (χ4n) is 1.85. The Morgan fingerprint density at radius 3 is 2.55 bits per heavy atom. The molecule has 0 aliphatic rings. The molecular formula is C14H12F2N2O2. The molecule has 0 fully saturated rings. The van der Waals surface area contributed by atoms with Crippen molar-refractivity contribution in [1.82, 2.24) is 0 Å². The fourth-order valence-corrected chi connectivity index (χ4v) is 1.85. The SMILES string of the molecule is O=[N+]([O-])c1ccccc1CCNc1ccc(F)c(F)c1. The van der Waals surface area contributed by atoms with E-state index >= 15 is 0 Å². The van der Waals surface area contributed by atoms with Crippen LogP contribution in [0, 0.1) is 21.7 Å². The van der Waals surface area contributed by atoms with E-state index in [1.807, 2.05) is 0 Å². The molecule has 0 bridgehead atoms. The highest BCUT2D eigenvalue weighted by Crippen LogP contribution is 2.18. The Hall–Kier alpha value is -2.50. The van der Waals surface area contributed by atoms with Crippen molar-refractivity contribution in [2.24, 2.45) is 0 Å². The molecule has 0 aliphatic heterocycles. The van der Waals surface area contributed by atoms with E-state index in [9.17, 15) is 18.9 Å². The summed E-state index contributed by atoms with van der Waals surface area (Å²) in [4.78, 5) is 10.4. The molecule has 0 unspecified atom stereocenters. The van der Waals surface area contributed by atoms with Gasteiger partial charge in [-0.25, -0.2) is 8.78 Å². The zero-order valence-electron chi connectivity index (χ0n) is 10.5. The van der Waals surface area contributed by atoms with Gasteiger partial charge in [-0.15, -0.1) is 0 Å². The van der Waals surface area contributed by atoms with Crippen LogP contribution in [0.4, 0.5) is 20.2 Å². The number of para-hydroxylation sites is 1. The third kappa shape index (κ3) is 3.28. The van der Waals surface area contributed by atoms with Gasteiger partial charge in [-0.2, -0.15) is 0 Å². The van der Waals surface area contributed by atoms with Gasteiger partial charge in [0, 0.05) is 23.9 Å². The van der Waals surface area contributed by atoms with Crippen LogP contribution in [0.2, 0.25) is 0 Å². The van der Waals surface area contributed by atoms with Crippen LogP contribution in [0.1, 0.15) is 5.56 Å². The van der Waals surface area contributed by atoms with E-state index in [2.05, 4.69) is 5.32 Å². The Kier molecular flexibility index (Phi) is 4.24. The van der Waals surface area contributed by atoms with E-state index < -0.39 is 16.6 Å². The lowest BCUT2D eigenvalue weighted by atomic mass is 10.1. The van der Waals surface area contributed by atoms with Crippen molar-refractivity contribution in [3.8, 4) is 0 Å². The summed E-state index contributed by atoms with van der Waals surface area (Å²) in [7, 11) is 0. The Balaban J connectivity index is 1.99. The van der Waals surface area contributed by atoms with Gasteiger partial charge in [-0.1, -0.05) is 18.2 Å². The van der Waals surface area contributed by atoms with Crippen molar-refractivity contribution in [2.45, 2.75) is 6.42 Å². The summed E-state index contributed by atoms with van der Waals surface area (Å²) >= 11 is 0. The number of rotatable bonds is 5. The second kappa shape index (κ2) is 6.10. The molecule has 0 heterocycles. The predicted octanol–water partition coefficient (Wildman–Crippen LogP) is 3.53. The van der Waals surface area contributed by atoms with Crippen molar-refractivity contribution < 1.29 is 13.7 Å². The highest BCUT2D eigenvalue weighted by Gasteiger charge is 2.11. The zero-order chi connectivity index (χ0) is 14.5. The molecule has 104 valence electrons. The molecule has 0 radical (unpaired) electrons. The number of nitrogens with zero attached hydrogens (tertiary/aromatic N) is 1. The van der Waals surface area contributed by atoms with Crippen LogP contribution in [0.15, 0.2) is 42.5 Å². The van der Waals surface area contributed by atoms with Gasteiger partial charge >= 0.3 is 0 Å². The topological polar surface area (TPSA) is 55.2 Å². The second-order valence-corrected chi connectivity index (χ2v) is 4.19. The van der Waals surface area contributed by atoms with E-state index in [4.69, 9.17) is 0 Å². The number of nitrogens with one attached hydrogen (secondary N) is 1. The summed E-state index contributed by atoms with van der Waals surface area (Å²) in [6.07, 6.45) is 0.413. The van der Waals surface area contributed by atoms with Crippen molar-refractivity contribution in [1.29, 1.82) is 0 Å². The number of hydrogen-bond donors (Lipinski definition) is 1. The lowest BCUT2D eigenvalue weighted by Crippen LogP contribution is -2.07. The van der Waals surface area contributed by atoms with Gasteiger partial charge in [0.05, 0.1) is 4.92 Å². The third-order valence-corrected chi connectivity index (χ3v) is 2.83. The maximum Gasteiger partial charge on any atom is 0.272 e. The van der Waals surface area contributed by atoms with Crippen LogP contribution >= 0.6 is 0 Å².